The molecule has 1 aliphatic rings. The Morgan fingerprint density at radius 2 is 2.28 bits per heavy atom. The molecule has 1 heterocycles. The Balaban J connectivity index is 2.28. The zero-order valence-corrected chi connectivity index (χ0v) is 15.3. The summed E-state index contributed by atoms with van der Waals surface area (Å²) in [5.41, 5.74) is 0.766. The Morgan fingerprint density at radius 3 is 2.94 bits per heavy atom. The molecule has 1 aliphatic heterocycles. The topological polar surface area (TPSA) is 20.3 Å². The maximum absolute atomic E-state index is 12.6. The van der Waals surface area contributed by atoms with E-state index in [1.165, 1.54) is 0 Å². The van der Waals surface area contributed by atoms with E-state index in [1.54, 1.807) is 0 Å². The van der Waals surface area contributed by atoms with E-state index in [9.17, 15) is 4.79 Å². The van der Waals surface area contributed by atoms with Crippen LogP contribution in [0.5, 0.6) is 0 Å². The molecule has 0 spiro atoms. The highest BCUT2D eigenvalue weighted by atomic mass is 127. The van der Waals surface area contributed by atoms with Crippen molar-refractivity contribution in [2.24, 2.45) is 5.92 Å². The standard InChI is InChI=1S/C13H14Br2INO/c1-8-4-5-17(12(8)7-14)13(18)10-6-9(16)2-3-11(10)15/h2-3,6,8,12H,4-5,7H2,1H3. The van der Waals surface area contributed by atoms with Crippen molar-refractivity contribution < 1.29 is 4.79 Å². The van der Waals surface area contributed by atoms with E-state index in [1.807, 2.05) is 23.1 Å². The maximum Gasteiger partial charge on any atom is 0.255 e. The van der Waals surface area contributed by atoms with Gasteiger partial charge < -0.3 is 4.90 Å². The fraction of sp³-hybridized carbons (Fsp3) is 0.462. The summed E-state index contributed by atoms with van der Waals surface area (Å²) >= 11 is 9.23. The molecule has 0 bridgehead atoms. The second-order valence-corrected chi connectivity index (χ2v) is 7.36. The van der Waals surface area contributed by atoms with Crippen LogP contribution in [-0.4, -0.2) is 28.7 Å². The molecule has 0 aliphatic carbocycles. The molecule has 2 atom stereocenters. The number of rotatable bonds is 2. The smallest absolute Gasteiger partial charge is 0.255 e. The summed E-state index contributed by atoms with van der Waals surface area (Å²) < 4.78 is 1.96. The summed E-state index contributed by atoms with van der Waals surface area (Å²) in [5, 5.41) is 0.849. The number of nitrogens with zero attached hydrogens (tertiary/aromatic N) is 1. The van der Waals surface area contributed by atoms with Crippen LogP contribution < -0.4 is 0 Å². The van der Waals surface area contributed by atoms with Crippen molar-refractivity contribution in [3.05, 3.63) is 31.8 Å². The summed E-state index contributed by atoms with van der Waals surface area (Å²) in [7, 11) is 0. The van der Waals surface area contributed by atoms with E-state index in [4.69, 9.17) is 0 Å². The lowest BCUT2D eigenvalue weighted by Crippen LogP contribution is -2.38. The summed E-state index contributed by atoms with van der Waals surface area (Å²) in [6.45, 7) is 3.07. The lowest BCUT2D eigenvalue weighted by Gasteiger charge is -2.25. The summed E-state index contributed by atoms with van der Waals surface area (Å²) in [6.07, 6.45) is 1.09. The molecule has 1 aromatic carbocycles. The first-order chi connectivity index (χ1) is 8.54. The molecule has 2 unspecified atom stereocenters. The molecular weight excluding hydrogens is 473 g/mol. The van der Waals surface area contributed by atoms with E-state index < -0.39 is 0 Å². The quantitative estimate of drug-likeness (QED) is 0.451. The number of halogens is 3. The monoisotopic (exact) mass is 485 g/mol. The number of likely N-dealkylation sites (tertiary alicyclic amines) is 1. The number of benzene rings is 1. The van der Waals surface area contributed by atoms with Crippen LogP contribution in [0.1, 0.15) is 23.7 Å². The van der Waals surface area contributed by atoms with Crippen molar-refractivity contribution in [2.45, 2.75) is 19.4 Å². The number of hydrogen-bond donors (Lipinski definition) is 0. The van der Waals surface area contributed by atoms with Gasteiger partial charge in [0.15, 0.2) is 0 Å². The Bertz CT molecular complexity index is 466. The molecule has 1 fully saturated rings. The highest BCUT2D eigenvalue weighted by molar-refractivity contribution is 14.1. The van der Waals surface area contributed by atoms with E-state index in [-0.39, 0.29) is 5.91 Å². The van der Waals surface area contributed by atoms with Gasteiger partial charge in [-0.15, -0.1) is 0 Å². The molecule has 1 saturated heterocycles. The number of carbonyl (C=O) groups excluding carboxylic acids is 1. The third-order valence-electron chi connectivity index (χ3n) is 3.46. The molecule has 2 nitrogen and oxygen atoms in total. The van der Waals surface area contributed by atoms with Crippen molar-refractivity contribution in [3.63, 3.8) is 0 Å². The van der Waals surface area contributed by atoms with Crippen LogP contribution in [0.4, 0.5) is 0 Å². The van der Waals surface area contributed by atoms with Gasteiger partial charge in [-0.25, -0.2) is 0 Å². The first-order valence-electron chi connectivity index (χ1n) is 5.86. The SMILES string of the molecule is CC1CCN(C(=O)c2cc(I)ccc2Br)C1CBr. The van der Waals surface area contributed by atoms with Crippen molar-refractivity contribution in [3.8, 4) is 0 Å². The van der Waals surface area contributed by atoms with E-state index in [0.717, 1.165) is 31.9 Å². The molecule has 0 aromatic heterocycles. The number of alkyl halides is 1. The van der Waals surface area contributed by atoms with Gasteiger partial charge in [0, 0.05) is 26.0 Å². The van der Waals surface area contributed by atoms with E-state index in [0.29, 0.717) is 12.0 Å². The Kier molecular flexibility index (Phi) is 5.11. The van der Waals surface area contributed by atoms with Gasteiger partial charge >= 0.3 is 0 Å². The molecule has 0 saturated carbocycles. The largest absolute Gasteiger partial charge is 0.335 e. The number of hydrogen-bond acceptors (Lipinski definition) is 1. The zero-order valence-electron chi connectivity index (χ0n) is 10.00. The van der Waals surface area contributed by atoms with Crippen LogP contribution in [-0.2, 0) is 0 Å². The Labute approximate surface area is 138 Å². The van der Waals surface area contributed by atoms with Crippen LogP contribution in [0.2, 0.25) is 0 Å². The van der Waals surface area contributed by atoms with Gasteiger partial charge in [0.1, 0.15) is 0 Å². The van der Waals surface area contributed by atoms with Crippen molar-refractivity contribution in [2.75, 3.05) is 11.9 Å². The second-order valence-electron chi connectivity index (χ2n) is 4.61. The minimum Gasteiger partial charge on any atom is -0.335 e. The summed E-state index contributed by atoms with van der Waals surface area (Å²) in [5.74, 6) is 0.698. The first-order valence-corrected chi connectivity index (χ1v) is 8.86. The predicted molar refractivity (Wildman–Crippen MR) is 89.3 cm³/mol. The zero-order chi connectivity index (χ0) is 13.3. The van der Waals surface area contributed by atoms with Crippen LogP contribution in [0.15, 0.2) is 22.7 Å². The highest BCUT2D eigenvalue weighted by Gasteiger charge is 2.34. The minimum absolute atomic E-state index is 0.134. The van der Waals surface area contributed by atoms with Gasteiger partial charge in [0.2, 0.25) is 0 Å². The second kappa shape index (κ2) is 6.22. The van der Waals surface area contributed by atoms with Crippen molar-refractivity contribution in [1.82, 2.24) is 4.90 Å². The van der Waals surface area contributed by atoms with Gasteiger partial charge in [-0.2, -0.15) is 0 Å². The van der Waals surface area contributed by atoms with Crippen LogP contribution in [0.3, 0.4) is 0 Å². The predicted octanol–water partition coefficient (Wildman–Crippen LogP) is 4.30. The molecule has 1 amide bonds. The van der Waals surface area contributed by atoms with Crippen LogP contribution in [0, 0.1) is 9.49 Å². The average molecular weight is 487 g/mol. The van der Waals surface area contributed by atoms with Gasteiger partial charge in [0.25, 0.3) is 5.91 Å². The average Bonchev–Trinajstić information content (AvgIpc) is 2.72. The van der Waals surface area contributed by atoms with Gasteiger partial charge in [0.05, 0.1) is 5.56 Å². The molecule has 0 N–H and O–H groups in total. The summed E-state index contributed by atoms with van der Waals surface area (Å²) in [4.78, 5) is 14.6. The minimum atomic E-state index is 0.134. The maximum atomic E-state index is 12.6. The molecule has 1 aromatic rings. The van der Waals surface area contributed by atoms with Crippen LogP contribution in [0.25, 0.3) is 0 Å². The van der Waals surface area contributed by atoms with Crippen molar-refractivity contribution in [1.29, 1.82) is 0 Å². The summed E-state index contributed by atoms with van der Waals surface area (Å²) in [6, 6.07) is 6.19. The fourth-order valence-electron chi connectivity index (χ4n) is 2.31. The van der Waals surface area contributed by atoms with Crippen LogP contribution >= 0.6 is 54.5 Å². The van der Waals surface area contributed by atoms with Crippen molar-refractivity contribution >= 4 is 60.4 Å². The van der Waals surface area contributed by atoms with Gasteiger partial charge in [-0.05, 0) is 69.1 Å². The Morgan fingerprint density at radius 1 is 1.56 bits per heavy atom. The first kappa shape index (κ1) is 14.8. The number of amides is 1. The molecule has 5 heteroatoms. The number of carbonyl (C=O) groups is 1. The van der Waals surface area contributed by atoms with E-state index >= 15 is 0 Å². The molecule has 98 valence electrons. The normalized spacial score (nSPS) is 23.4. The fourth-order valence-corrected chi connectivity index (χ4v) is 4.21. The highest BCUT2D eigenvalue weighted by Crippen LogP contribution is 2.29. The molecule has 18 heavy (non-hydrogen) atoms. The lowest BCUT2D eigenvalue weighted by atomic mass is 10.0. The Hall–Kier alpha value is 0.380. The molecule has 2 rings (SSSR count). The van der Waals surface area contributed by atoms with E-state index in [2.05, 4.69) is 61.4 Å². The third-order valence-corrected chi connectivity index (χ3v) is 5.49. The van der Waals surface area contributed by atoms with Gasteiger partial charge in [-0.1, -0.05) is 22.9 Å². The van der Waals surface area contributed by atoms with Gasteiger partial charge in [-0.3, -0.25) is 4.79 Å². The molecule has 0 radical (unpaired) electrons. The lowest BCUT2D eigenvalue weighted by molar-refractivity contribution is 0.0737. The molecular formula is C13H14Br2INO. The third kappa shape index (κ3) is 2.93.